The molecular weight excluding hydrogens is 620 g/mol. The number of para-hydroxylation sites is 1. The molecule has 6 nitrogen and oxygen atoms in total. The SMILES string of the molecule is COc1cc(/C=C(\C#N)c2nc3ccccc3s2)cc(I)c1OCC(=O)Nc1ccc(Cl)c(Cl)c1. The summed E-state index contributed by atoms with van der Waals surface area (Å²) in [6, 6.07) is 18.4. The number of hydrogen-bond acceptors (Lipinski definition) is 6. The second kappa shape index (κ2) is 11.3. The van der Waals surface area contributed by atoms with Crippen LogP contribution in [0.4, 0.5) is 5.69 Å². The number of rotatable bonds is 7. The van der Waals surface area contributed by atoms with Gasteiger partial charge in [-0.05, 0) is 76.7 Å². The predicted octanol–water partition coefficient (Wildman–Crippen LogP) is 7.30. The Kier molecular flexibility index (Phi) is 8.13. The number of amides is 1. The Hall–Kier alpha value is -2.84. The third-order valence-corrected chi connectivity index (χ3v) is 7.37. The van der Waals surface area contributed by atoms with Crippen molar-refractivity contribution in [3.05, 3.63) is 78.8 Å². The molecule has 0 saturated carbocycles. The number of ether oxygens (including phenoxy) is 2. The van der Waals surface area contributed by atoms with Gasteiger partial charge < -0.3 is 14.8 Å². The van der Waals surface area contributed by atoms with E-state index in [2.05, 4.69) is 39.0 Å². The molecule has 3 aromatic carbocycles. The summed E-state index contributed by atoms with van der Waals surface area (Å²) >= 11 is 15.5. The third kappa shape index (κ3) is 6.05. The molecule has 0 aliphatic heterocycles. The molecule has 35 heavy (non-hydrogen) atoms. The van der Waals surface area contributed by atoms with Crippen LogP contribution in [0.15, 0.2) is 54.6 Å². The molecule has 1 heterocycles. The zero-order valence-corrected chi connectivity index (χ0v) is 22.6. The molecule has 0 aliphatic rings. The number of methoxy groups -OCH3 is 1. The van der Waals surface area contributed by atoms with E-state index in [1.165, 1.54) is 18.4 Å². The van der Waals surface area contributed by atoms with E-state index in [9.17, 15) is 10.1 Å². The number of thiazole rings is 1. The third-order valence-electron chi connectivity index (χ3n) is 4.76. The van der Waals surface area contributed by atoms with Crippen molar-refractivity contribution < 1.29 is 14.3 Å². The van der Waals surface area contributed by atoms with E-state index >= 15 is 0 Å². The minimum absolute atomic E-state index is 0.239. The zero-order chi connectivity index (χ0) is 24.9. The monoisotopic (exact) mass is 635 g/mol. The van der Waals surface area contributed by atoms with Crippen LogP contribution in [0.5, 0.6) is 11.5 Å². The van der Waals surface area contributed by atoms with Crippen LogP contribution in [0.25, 0.3) is 21.9 Å². The van der Waals surface area contributed by atoms with Gasteiger partial charge in [-0.25, -0.2) is 4.98 Å². The maximum absolute atomic E-state index is 12.4. The average Bonchev–Trinajstić information content (AvgIpc) is 3.28. The fourth-order valence-corrected chi connectivity index (χ4v) is 5.18. The van der Waals surface area contributed by atoms with Crippen molar-refractivity contribution in [3.8, 4) is 17.6 Å². The summed E-state index contributed by atoms with van der Waals surface area (Å²) in [5.41, 5.74) is 2.55. The second-order valence-electron chi connectivity index (χ2n) is 7.16. The number of anilines is 1. The predicted molar refractivity (Wildman–Crippen MR) is 149 cm³/mol. The lowest BCUT2D eigenvalue weighted by Crippen LogP contribution is -2.20. The largest absolute Gasteiger partial charge is 0.493 e. The van der Waals surface area contributed by atoms with E-state index in [1.807, 2.05) is 30.3 Å². The molecular formula is C25H16Cl2IN3O3S. The fraction of sp³-hybridized carbons (Fsp3) is 0.0800. The molecule has 1 amide bonds. The smallest absolute Gasteiger partial charge is 0.262 e. The molecule has 0 aliphatic carbocycles. The lowest BCUT2D eigenvalue weighted by Gasteiger charge is -2.14. The number of carbonyl (C=O) groups is 1. The van der Waals surface area contributed by atoms with Crippen molar-refractivity contribution in [3.63, 3.8) is 0 Å². The number of allylic oxidation sites excluding steroid dienone is 1. The van der Waals surface area contributed by atoms with Crippen LogP contribution < -0.4 is 14.8 Å². The molecule has 0 unspecified atom stereocenters. The van der Waals surface area contributed by atoms with Crippen molar-refractivity contribution in [2.24, 2.45) is 0 Å². The van der Waals surface area contributed by atoms with E-state index < -0.39 is 0 Å². The highest BCUT2D eigenvalue weighted by Crippen LogP contribution is 2.36. The van der Waals surface area contributed by atoms with E-state index in [-0.39, 0.29) is 12.5 Å². The van der Waals surface area contributed by atoms with Gasteiger partial charge in [0.2, 0.25) is 0 Å². The maximum Gasteiger partial charge on any atom is 0.262 e. The van der Waals surface area contributed by atoms with Crippen LogP contribution in [0.3, 0.4) is 0 Å². The standard InChI is InChI=1S/C25H16Cl2IN3O3S/c1-33-21-10-14(8-15(12-29)25-31-20-4-2-3-5-22(20)35-25)9-19(28)24(21)34-13-23(32)30-16-6-7-17(26)18(27)11-16/h2-11H,13H2,1H3,(H,30,32)/b15-8+. The lowest BCUT2D eigenvalue weighted by molar-refractivity contribution is -0.118. The Morgan fingerprint density at radius 1 is 1.20 bits per heavy atom. The molecule has 0 atom stereocenters. The average molecular weight is 636 g/mol. The van der Waals surface area contributed by atoms with Gasteiger partial charge in [0.05, 0.1) is 36.5 Å². The van der Waals surface area contributed by atoms with Gasteiger partial charge in [0, 0.05) is 5.69 Å². The molecule has 0 radical (unpaired) electrons. The number of fused-ring (bicyclic) bond motifs is 1. The number of carbonyl (C=O) groups excluding carboxylic acids is 1. The summed E-state index contributed by atoms with van der Waals surface area (Å²) in [5.74, 6) is 0.493. The number of halogens is 3. The van der Waals surface area contributed by atoms with Crippen molar-refractivity contribution in [1.29, 1.82) is 5.26 Å². The summed E-state index contributed by atoms with van der Waals surface area (Å²) in [6.45, 7) is -0.239. The molecule has 4 rings (SSSR count). The van der Waals surface area contributed by atoms with Crippen LogP contribution in [-0.2, 0) is 4.79 Å². The van der Waals surface area contributed by atoms with Crippen molar-refractivity contribution in [2.45, 2.75) is 0 Å². The van der Waals surface area contributed by atoms with E-state index in [0.717, 1.165) is 19.4 Å². The second-order valence-corrected chi connectivity index (χ2v) is 10.2. The normalized spacial score (nSPS) is 11.2. The topological polar surface area (TPSA) is 84.2 Å². The number of nitrogens with zero attached hydrogens (tertiary/aromatic N) is 2. The zero-order valence-electron chi connectivity index (χ0n) is 18.1. The number of hydrogen-bond donors (Lipinski definition) is 1. The molecule has 10 heteroatoms. The Labute approximate surface area is 229 Å². The fourth-order valence-electron chi connectivity index (χ4n) is 3.17. The first kappa shape index (κ1) is 25.3. The van der Waals surface area contributed by atoms with Crippen LogP contribution in [0.1, 0.15) is 10.6 Å². The van der Waals surface area contributed by atoms with E-state index in [4.69, 9.17) is 32.7 Å². The Balaban J connectivity index is 1.52. The van der Waals surface area contributed by atoms with E-state index in [0.29, 0.717) is 37.8 Å². The Bertz CT molecular complexity index is 1460. The first-order chi connectivity index (χ1) is 16.9. The summed E-state index contributed by atoms with van der Waals surface area (Å²) < 4.78 is 13.0. The van der Waals surface area contributed by atoms with Crippen molar-refractivity contribution in [1.82, 2.24) is 4.98 Å². The molecule has 4 aromatic rings. The van der Waals surface area contributed by atoms with Crippen LogP contribution >= 0.6 is 57.1 Å². The molecule has 1 aromatic heterocycles. The minimum atomic E-state index is -0.368. The number of aromatic nitrogens is 1. The van der Waals surface area contributed by atoms with Crippen LogP contribution in [-0.4, -0.2) is 24.6 Å². The number of nitrogens with one attached hydrogen (secondary N) is 1. The van der Waals surface area contributed by atoms with Crippen molar-refractivity contribution in [2.75, 3.05) is 19.0 Å². The Morgan fingerprint density at radius 3 is 2.71 bits per heavy atom. The summed E-state index contributed by atoms with van der Waals surface area (Å²) in [6.07, 6.45) is 1.75. The van der Waals surface area contributed by atoms with Crippen molar-refractivity contribution >= 4 is 90.6 Å². The minimum Gasteiger partial charge on any atom is -0.493 e. The van der Waals surface area contributed by atoms with Gasteiger partial charge in [0.25, 0.3) is 5.91 Å². The highest BCUT2D eigenvalue weighted by molar-refractivity contribution is 14.1. The molecule has 0 saturated heterocycles. The first-order valence-electron chi connectivity index (χ1n) is 10.1. The highest BCUT2D eigenvalue weighted by Gasteiger charge is 2.15. The number of nitriles is 1. The summed E-state index contributed by atoms with van der Waals surface area (Å²) in [7, 11) is 1.51. The van der Waals surface area contributed by atoms with Gasteiger partial charge in [-0.3, -0.25) is 4.79 Å². The van der Waals surface area contributed by atoms with E-state index in [1.54, 1.807) is 30.3 Å². The van der Waals surface area contributed by atoms with Gasteiger partial charge in [-0.2, -0.15) is 5.26 Å². The summed E-state index contributed by atoms with van der Waals surface area (Å²) in [5, 5.41) is 13.8. The highest BCUT2D eigenvalue weighted by atomic mass is 127. The first-order valence-corrected chi connectivity index (χ1v) is 12.8. The Morgan fingerprint density at radius 2 is 2.00 bits per heavy atom. The van der Waals surface area contributed by atoms with Gasteiger partial charge in [-0.1, -0.05) is 35.3 Å². The molecule has 0 fully saturated rings. The maximum atomic E-state index is 12.4. The number of benzene rings is 3. The molecule has 176 valence electrons. The van der Waals surface area contributed by atoms with Crippen LogP contribution in [0.2, 0.25) is 10.0 Å². The van der Waals surface area contributed by atoms with Gasteiger partial charge in [0.1, 0.15) is 11.1 Å². The molecule has 0 spiro atoms. The lowest BCUT2D eigenvalue weighted by atomic mass is 10.1. The quantitative estimate of drug-likeness (QED) is 0.170. The summed E-state index contributed by atoms with van der Waals surface area (Å²) in [4.78, 5) is 16.9. The van der Waals surface area contributed by atoms with Crippen LogP contribution in [0, 0.1) is 14.9 Å². The van der Waals surface area contributed by atoms with Gasteiger partial charge in [0.15, 0.2) is 18.1 Å². The molecule has 1 N–H and O–H groups in total. The van der Waals surface area contributed by atoms with Gasteiger partial charge >= 0.3 is 0 Å². The molecule has 0 bridgehead atoms. The van der Waals surface area contributed by atoms with Gasteiger partial charge in [-0.15, -0.1) is 11.3 Å².